The molecule has 0 aliphatic carbocycles. The first-order valence-corrected chi connectivity index (χ1v) is 7.94. The van der Waals surface area contributed by atoms with Crippen molar-refractivity contribution in [3.05, 3.63) is 21.3 Å². The van der Waals surface area contributed by atoms with E-state index in [2.05, 4.69) is 4.90 Å². The molecule has 2 aliphatic rings. The van der Waals surface area contributed by atoms with Crippen molar-refractivity contribution in [1.29, 1.82) is 0 Å². The predicted molar refractivity (Wildman–Crippen MR) is 77.4 cm³/mol. The van der Waals surface area contributed by atoms with Gasteiger partial charge in [0.05, 0.1) is 30.4 Å². The van der Waals surface area contributed by atoms with E-state index < -0.39 is 6.10 Å². The van der Waals surface area contributed by atoms with Crippen LogP contribution >= 0.6 is 22.9 Å². The van der Waals surface area contributed by atoms with Gasteiger partial charge in [0.15, 0.2) is 0 Å². The Balaban J connectivity index is 1.68. The maximum atomic E-state index is 12.4. The zero-order valence-corrected chi connectivity index (χ0v) is 12.6. The van der Waals surface area contributed by atoms with E-state index in [0.717, 1.165) is 13.1 Å². The second kappa shape index (κ2) is 5.99. The number of β-amino-alcohol motifs (C(OH)–C–C–N with tert-alkyl or cyclic N) is 1. The molecule has 1 aromatic heterocycles. The van der Waals surface area contributed by atoms with Crippen molar-refractivity contribution in [1.82, 2.24) is 9.80 Å². The van der Waals surface area contributed by atoms with Gasteiger partial charge in [-0.05, 0) is 11.4 Å². The van der Waals surface area contributed by atoms with Crippen LogP contribution in [-0.4, -0.2) is 72.4 Å². The number of likely N-dealkylation sites (tertiary alicyclic amines) is 1. The lowest BCUT2D eigenvalue weighted by Gasteiger charge is -2.33. The number of hydrogen-bond donors (Lipinski definition) is 1. The monoisotopic (exact) mass is 316 g/mol. The van der Waals surface area contributed by atoms with Crippen molar-refractivity contribution in [3.8, 4) is 0 Å². The normalized spacial score (nSPS) is 28.0. The lowest BCUT2D eigenvalue weighted by atomic mass is 10.2. The number of hydrogen-bond acceptors (Lipinski definition) is 5. The SMILES string of the molecule is O=C(c1sccc1Cl)N1C[C@H](O)[C@@H](N2CCOCC2)C1. The fourth-order valence-corrected chi connectivity index (χ4v) is 3.90. The summed E-state index contributed by atoms with van der Waals surface area (Å²) in [5.74, 6) is -0.0835. The topological polar surface area (TPSA) is 53.0 Å². The summed E-state index contributed by atoms with van der Waals surface area (Å²) >= 11 is 7.35. The van der Waals surface area contributed by atoms with E-state index in [1.54, 1.807) is 11.0 Å². The minimum Gasteiger partial charge on any atom is -0.390 e. The number of ether oxygens (including phenoxy) is 1. The number of amides is 1. The average molecular weight is 317 g/mol. The van der Waals surface area contributed by atoms with E-state index in [9.17, 15) is 9.90 Å². The fourth-order valence-electron chi connectivity index (χ4n) is 2.79. The maximum Gasteiger partial charge on any atom is 0.265 e. The summed E-state index contributed by atoms with van der Waals surface area (Å²) in [6.07, 6.45) is -0.504. The van der Waals surface area contributed by atoms with Crippen LogP contribution in [0.3, 0.4) is 0 Å². The lowest BCUT2D eigenvalue weighted by molar-refractivity contribution is -0.00611. The molecule has 2 fully saturated rings. The highest BCUT2D eigenvalue weighted by atomic mass is 35.5. The summed E-state index contributed by atoms with van der Waals surface area (Å²) in [7, 11) is 0. The minimum atomic E-state index is -0.504. The molecular formula is C13H17ClN2O3S. The molecule has 5 nitrogen and oxygen atoms in total. The number of thiophene rings is 1. The van der Waals surface area contributed by atoms with E-state index in [-0.39, 0.29) is 11.9 Å². The standard InChI is InChI=1S/C13H17ClN2O3S/c14-9-1-6-20-12(9)13(18)16-7-10(11(17)8-16)15-2-4-19-5-3-15/h1,6,10-11,17H,2-5,7-8H2/t10-,11-/m0/s1. The number of carbonyl (C=O) groups is 1. The van der Waals surface area contributed by atoms with E-state index in [4.69, 9.17) is 16.3 Å². The first-order chi connectivity index (χ1) is 9.66. The average Bonchev–Trinajstić information content (AvgIpc) is 3.05. The van der Waals surface area contributed by atoms with Gasteiger partial charge in [0.25, 0.3) is 5.91 Å². The van der Waals surface area contributed by atoms with Gasteiger partial charge in [-0.25, -0.2) is 0 Å². The highest BCUT2D eigenvalue weighted by Gasteiger charge is 2.38. The zero-order valence-electron chi connectivity index (χ0n) is 11.0. The van der Waals surface area contributed by atoms with E-state index >= 15 is 0 Å². The van der Waals surface area contributed by atoms with Gasteiger partial charge < -0.3 is 14.7 Å². The Labute approximate surface area is 126 Å². The molecule has 20 heavy (non-hydrogen) atoms. The molecule has 0 spiro atoms. The molecule has 2 aliphatic heterocycles. The molecule has 1 N–H and O–H groups in total. The zero-order chi connectivity index (χ0) is 14.1. The Bertz CT molecular complexity index is 490. The Morgan fingerprint density at radius 1 is 1.40 bits per heavy atom. The third kappa shape index (κ3) is 2.71. The predicted octanol–water partition coefficient (Wildman–Crippen LogP) is 0.919. The van der Waals surface area contributed by atoms with Crippen LogP contribution in [0, 0.1) is 0 Å². The second-order valence-electron chi connectivity index (χ2n) is 5.09. The highest BCUT2D eigenvalue weighted by molar-refractivity contribution is 7.12. The summed E-state index contributed by atoms with van der Waals surface area (Å²) in [4.78, 5) is 16.9. The molecule has 1 aromatic rings. The number of morpholine rings is 1. The van der Waals surface area contributed by atoms with Crippen LogP contribution in [0.5, 0.6) is 0 Å². The van der Waals surface area contributed by atoms with Crippen molar-refractivity contribution < 1.29 is 14.6 Å². The summed E-state index contributed by atoms with van der Waals surface area (Å²) in [5, 5.41) is 12.5. The lowest BCUT2D eigenvalue weighted by Crippen LogP contribution is -2.49. The molecule has 0 unspecified atom stereocenters. The molecule has 1 amide bonds. The molecule has 2 atom stereocenters. The molecular weight excluding hydrogens is 300 g/mol. The minimum absolute atomic E-state index is 0.00147. The molecule has 0 radical (unpaired) electrons. The fraction of sp³-hybridized carbons (Fsp3) is 0.615. The molecule has 110 valence electrons. The highest BCUT2D eigenvalue weighted by Crippen LogP contribution is 2.26. The van der Waals surface area contributed by atoms with Gasteiger partial charge in [-0.2, -0.15) is 0 Å². The first kappa shape index (κ1) is 14.3. The van der Waals surface area contributed by atoms with E-state index in [1.165, 1.54) is 11.3 Å². The van der Waals surface area contributed by atoms with Crippen molar-refractivity contribution in [2.45, 2.75) is 12.1 Å². The molecule has 2 saturated heterocycles. The number of rotatable bonds is 2. The van der Waals surface area contributed by atoms with Crippen molar-refractivity contribution in [2.75, 3.05) is 39.4 Å². The Morgan fingerprint density at radius 3 is 2.80 bits per heavy atom. The summed E-state index contributed by atoms with van der Waals surface area (Å²) in [5.41, 5.74) is 0. The van der Waals surface area contributed by atoms with Crippen LogP contribution in [0.2, 0.25) is 5.02 Å². The quantitative estimate of drug-likeness (QED) is 0.881. The van der Waals surface area contributed by atoms with Gasteiger partial charge in [-0.15, -0.1) is 11.3 Å². The van der Waals surface area contributed by atoms with Gasteiger partial charge in [0, 0.05) is 26.2 Å². The number of aliphatic hydroxyl groups excluding tert-OH is 1. The number of halogens is 1. The van der Waals surface area contributed by atoms with Crippen LogP contribution < -0.4 is 0 Å². The smallest absolute Gasteiger partial charge is 0.265 e. The third-order valence-corrected chi connectivity index (χ3v) is 5.20. The largest absolute Gasteiger partial charge is 0.390 e. The number of nitrogens with zero attached hydrogens (tertiary/aromatic N) is 2. The van der Waals surface area contributed by atoms with Crippen LogP contribution in [0.1, 0.15) is 9.67 Å². The molecule has 3 rings (SSSR count). The Kier molecular flexibility index (Phi) is 4.28. The van der Waals surface area contributed by atoms with Crippen molar-refractivity contribution >= 4 is 28.8 Å². The maximum absolute atomic E-state index is 12.4. The van der Waals surface area contributed by atoms with Crippen LogP contribution in [0.15, 0.2) is 11.4 Å². The third-order valence-electron chi connectivity index (χ3n) is 3.87. The van der Waals surface area contributed by atoms with Gasteiger partial charge in [0.1, 0.15) is 4.88 Å². The summed E-state index contributed by atoms with van der Waals surface area (Å²) in [6.45, 7) is 3.91. The number of carbonyl (C=O) groups excluding carboxylic acids is 1. The summed E-state index contributed by atoms with van der Waals surface area (Å²) < 4.78 is 5.32. The first-order valence-electron chi connectivity index (χ1n) is 6.69. The Morgan fingerprint density at radius 2 is 2.15 bits per heavy atom. The van der Waals surface area contributed by atoms with E-state index in [1.807, 2.05) is 5.38 Å². The molecule has 7 heteroatoms. The van der Waals surface area contributed by atoms with Crippen molar-refractivity contribution in [3.63, 3.8) is 0 Å². The molecule has 3 heterocycles. The van der Waals surface area contributed by atoms with Gasteiger partial charge in [-0.1, -0.05) is 11.6 Å². The van der Waals surface area contributed by atoms with Gasteiger partial charge >= 0.3 is 0 Å². The summed E-state index contributed by atoms with van der Waals surface area (Å²) in [6, 6.07) is 1.73. The molecule has 0 aromatic carbocycles. The van der Waals surface area contributed by atoms with Gasteiger partial charge in [-0.3, -0.25) is 9.69 Å². The Hall–Kier alpha value is -0.660. The number of aliphatic hydroxyl groups is 1. The van der Waals surface area contributed by atoms with Crippen LogP contribution in [-0.2, 0) is 4.74 Å². The van der Waals surface area contributed by atoms with Crippen LogP contribution in [0.25, 0.3) is 0 Å². The van der Waals surface area contributed by atoms with Gasteiger partial charge in [0.2, 0.25) is 0 Å². The van der Waals surface area contributed by atoms with Crippen molar-refractivity contribution in [2.24, 2.45) is 0 Å². The molecule has 0 bridgehead atoms. The van der Waals surface area contributed by atoms with E-state index in [0.29, 0.717) is 36.2 Å². The second-order valence-corrected chi connectivity index (χ2v) is 6.41. The molecule has 0 saturated carbocycles. The van der Waals surface area contributed by atoms with Crippen LogP contribution in [0.4, 0.5) is 0 Å².